The lowest BCUT2D eigenvalue weighted by molar-refractivity contribution is -0.385. The molecule has 8 heteroatoms. The highest BCUT2D eigenvalue weighted by molar-refractivity contribution is 5.92. The Bertz CT molecular complexity index is 909. The molecule has 1 aliphatic carbocycles. The Morgan fingerprint density at radius 2 is 1.93 bits per heavy atom. The van der Waals surface area contributed by atoms with Crippen LogP contribution in [0.25, 0.3) is 0 Å². The van der Waals surface area contributed by atoms with Gasteiger partial charge < -0.3 is 14.8 Å². The van der Waals surface area contributed by atoms with E-state index in [-0.39, 0.29) is 11.3 Å². The van der Waals surface area contributed by atoms with Crippen molar-refractivity contribution < 1.29 is 24.0 Å². The summed E-state index contributed by atoms with van der Waals surface area (Å²) in [6, 6.07) is 9.43. The normalized spacial score (nSPS) is 12.2. The number of nitrogens with zero attached hydrogens (tertiary/aromatic N) is 1. The monoisotopic (exact) mass is 370 g/mol. The van der Waals surface area contributed by atoms with Crippen molar-refractivity contribution in [2.24, 2.45) is 0 Å². The van der Waals surface area contributed by atoms with E-state index in [1.54, 1.807) is 0 Å². The predicted octanol–water partition coefficient (Wildman–Crippen LogP) is 2.89. The summed E-state index contributed by atoms with van der Waals surface area (Å²) in [6.07, 6.45) is 3.16. The van der Waals surface area contributed by atoms with Gasteiger partial charge in [0, 0.05) is 11.8 Å². The lowest BCUT2D eigenvalue weighted by atomic mass is 10.1. The van der Waals surface area contributed by atoms with Gasteiger partial charge in [0.15, 0.2) is 12.4 Å². The summed E-state index contributed by atoms with van der Waals surface area (Å²) in [5.74, 6) is -1.23. The summed E-state index contributed by atoms with van der Waals surface area (Å²) in [6.45, 7) is -0.393. The zero-order valence-corrected chi connectivity index (χ0v) is 14.7. The minimum Gasteiger partial charge on any atom is -0.477 e. The number of hydrogen-bond acceptors (Lipinski definition) is 6. The van der Waals surface area contributed by atoms with Crippen LogP contribution in [-0.2, 0) is 22.4 Å². The van der Waals surface area contributed by atoms with Gasteiger partial charge in [-0.3, -0.25) is 14.9 Å². The van der Waals surface area contributed by atoms with E-state index in [0.717, 1.165) is 25.3 Å². The molecule has 1 N–H and O–H groups in total. The van der Waals surface area contributed by atoms with Gasteiger partial charge in [0.05, 0.1) is 17.6 Å². The number of rotatable bonds is 6. The molecule has 0 radical (unpaired) electrons. The van der Waals surface area contributed by atoms with Gasteiger partial charge >= 0.3 is 11.7 Å². The summed E-state index contributed by atoms with van der Waals surface area (Å²) < 4.78 is 9.83. The minimum absolute atomic E-state index is 0.0270. The molecular formula is C19H18N2O6. The molecule has 0 spiro atoms. The Morgan fingerprint density at radius 3 is 2.67 bits per heavy atom. The van der Waals surface area contributed by atoms with Crippen LogP contribution in [0.15, 0.2) is 36.4 Å². The maximum absolute atomic E-state index is 12.1. The second-order valence-corrected chi connectivity index (χ2v) is 6.11. The molecule has 0 saturated carbocycles. The number of esters is 1. The van der Waals surface area contributed by atoms with E-state index in [2.05, 4.69) is 10.1 Å². The maximum Gasteiger partial charge on any atom is 0.338 e. The smallest absolute Gasteiger partial charge is 0.338 e. The third-order valence-corrected chi connectivity index (χ3v) is 4.32. The number of nitro groups is 1. The number of benzene rings is 2. The van der Waals surface area contributed by atoms with Crippen molar-refractivity contribution in [1.82, 2.24) is 0 Å². The SMILES string of the molecule is COC(=O)c1ccc(OCC(=O)Nc2ccc3c(c2)CCC3)c([N+](=O)[O-])c1. The van der Waals surface area contributed by atoms with Crippen LogP contribution in [0.3, 0.4) is 0 Å². The molecule has 1 aliphatic rings. The van der Waals surface area contributed by atoms with Crippen LogP contribution in [-0.4, -0.2) is 30.5 Å². The Labute approximate surface area is 155 Å². The largest absolute Gasteiger partial charge is 0.477 e. The highest BCUT2D eigenvalue weighted by Crippen LogP contribution is 2.28. The van der Waals surface area contributed by atoms with Crippen molar-refractivity contribution in [3.05, 3.63) is 63.2 Å². The Kier molecular flexibility index (Phi) is 5.35. The second kappa shape index (κ2) is 7.86. The quantitative estimate of drug-likeness (QED) is 0.476. The molecule has 0 fully saturated rings. The first-order chi connectivity index (χ1) is 13.0. The van der Waals surface area contributed by atoms with Crippen LogP contribution >= 0.6 is 0 Å². The fraction of sp³-hybridized carbons (Fsp3) is 0.263. The minimum atomic E-state index is -0.695. The zero-order valence-electron chi connectivity index (χ0n) is 14.7. The number of ether oxygens (including phenoxy) is 2. The molecule has 8 nitrogen and oxygen atoms in total. The Balaban J connectivity index is 1.66. The molecule has 2 aromatic rings. The fourth-order valence-electron chi connectivity index (χ4n) is 3.02. The van der Waals surface area contributed by atoms with E-state index in [0.29, 0.717) is 5.69 Å². The molecule has 2 aromatic carbocycles. The van der Waals surface area contributed by atoms with Crippen molar-refractivity contribution >= 4 is 23.3 Å². The lowest BCUT2D eigenvalue weighted by Crippen LogP contribution is -2.20. The third kappa shape index (κ3) is 4.22. The highest BCUT2D eigenvalue weighted by Gasteiger charge is 2.20. The Hall–Kier alpha value is -3.42. The number of nitrogens with one attached hydrogen (secondary N) is 1. The van der Waals surface area contributed by atoms with Crippen LogP contribution < -0.4 is 10.1 Å². The maximum atomic E-state index is 12.1. The standard InChI is InChI=1S/C19H18N2O6/c1-26-19(23)14-6-8-17(16(10-14)21(24)25)27-11-18(22)20-15-7-5-12-3-2-4-13(12)9-15/h5-10H,2-4,11H2,1H3,(H,20,22). The molecule has 0 saturated heterocycles. The summed E-state index contributed by atoms with van der Waals surface area (Å²) in [5.41, 5.74) is 2.80. The van der Waals surface area contributed by atoms with E-state index in [1.165, 1.54) is 30.4 Å². The van der Waals surface area contributed by atoms with Gasteiger partial charge in [-0.05, 0) is 54.7 Å². The molecule has 27 heavy (non-hydrogen) atoms. The van der Waals surface area contributed by atoms with Crippen molar-refractivity contribution in [3.8, 4) is 5.75 Å². The number of carbonyl (C=O) groups excluding carboxylic acids is 2. The number of anilines is 1. The van der Waals surface area contributed by atoms with Crippen LogP contribution in [0, 0.1) is 10.1 Å². The summed E-state index contributed by atoms with van der Waals surface area (Å²) >= 11 is 0. The number of aryl methyl sites for hydroxylation is 2. The highest BCUT2D eigenvalue weighted by atomic mass is 16.6. The van der Waals surface area contributed by atoms with Gasteiger partial charge in [0.25, 0.3) is 5.91 Å². The number of carbonyl (C=O) groups is 2. The molecule has 0 atom stereocenters. The van der Waals surface area contributed by atoms with Crippen molar-refractivity contribution in [3.63, 3.8) is 0 Å². The fourth-order valence-corrected chi connectivity index (χ4v) is 3.02. The molecule has 3 rings (SSSR count). The van der Waals surface area contributed by atoms with E-state index in [1.807, 2.05) is 18.2 Å². The molecule has 1 amide bonds. The number of nitro benzene ring substituents is 1. The molecule has 0 heterocycles. The predicted molar refractivity (Wildman–Crippen MR) is 97.0 cm³/mol. The number of amides is 1. The number of hydrogen-bond donors (Lipinski definition) is 1. The first-order valence-electron chi connectivity index (χ1n) is 8.39. The van der Waals surface area contributed by atoms with Gasteiger partial charge in [0.2, 0.25) is 0 Å². The molecule has 0 bridgehead atoms. The third-order valence-electron chi connectivity index (χ3n) is 4.32. The molecule has 0 aromatic heterocycles. The average Bonchev–Trinajstić information content (AvgIpc) is 3.13. The van der Waals surface area contributed by atoms with Crippen molar-refractivity contribution in [2.45, 2.75) is 19.3 Å². The van der Waals surface area contributed by atoms with Gasteiger partial charge in [-0.1, -0.05) is 6.07 Å². The first kappa shape index (κ1) is 18.4. The first-order valence-corrected chi connectivity index (χ1v) is 8.39. The van der Waals surface area contributed by atoms with Gasteiger partial charge in [-0.15, -0.1) is 0 Å². The summed E-state index contributed by atoms with van der Waals surface area (Å²) in [7, 11) is 1.18. The Morgan fingerprint density at radius 1 is 1.15 bits per heavy atom. The van der Waals surface area contributed by atoms with E-state index in [9.17, 15) is 19.7 Å². The van der Waals surface area contributed by atoms with Gasteiger partial charge in [-0.2, -0.15) is 0 Å². The van der Waals surface area contributed by atoms with Crippen molar-refractivity contribution in [2.75, 3.05) is 19.0 Å². The second-order valence-electron chi connectivity index (χ2n) is 6.11. The van der Waals surface area contributed by atoms with E-state index in [4.69, 9.17) is 4.74 Å². The van der Waals surface area contributed by atoms with Gasteiger partial charge in [-0.25, -0.2) is 4.79 Å². The number of fused-ring (bicyclic) bond motifs is 1. The van der Waals surface area contributed by atoms with Crippen LogP contribution in [0.5, 0.6) is 5.75 Å². The van der Waals surface area contributed by atoms with Crippen LogP contribution in [0.2, 0.25) is 0 Å². The summed E-state index contributed by atoms with van der Waals surface area (Å²) in [5, 5.41) is 13.9. The van der Waals surface area contributed by atoms with Crippen LogP contribution in [0.1, 0.15) is 27.9 Å². The van der Waals surface area contributed by atoms with E-state index >= 15 is 0 Å². The van der Waals surface area contributed by atoms with Gasteiger partial charge in [0.1, 0.15) is 0 Å². The van der Waals surface area contributed by atoms with E-state index < -0.39 is 29.1 Å². The molecule has 0 aliphatic heterocycles. The van der Waals surface area contributed by atoms with Crippen molar-refractivity contribution in [1.29, 1.82) is 0 Å². The van der Waals surface area contributed by atoms with Crippen LogP contribution in [0.4, 0.5) is 11.4 Å². The lowest BCUT2D eigenvalue weighted by Gasteiger charge is -2.10. The number of methoxy groups -OCH3 is 1. The molecular weight excluding hydrogens is 352 g/mol. The zero-order chi connectivity index (χ0) is 19.4. The molecule has 140 valence electrons. The topological polar surface area (TPSA) is 108 Å². The summed E-state index contributed by atoms with van der Waals surface area (Å²) in [4.78, 5) is 34.1. The average molecular weight is 370 g/mol. The molecule has 0 unspecified atom stereocenters.